The Balaban J connectivity index is 1.97. The van der Waals surface area contributed by atoms with Gasteiger partial charge in [0.25, 0.3) is 0 Å². The lowest BCUT2D eigenvalue weighted by Crippen LogP contribution is -2.16. The summed E-state index contributed by atoms with van der Waals surface area (Å²) in [6.45, 7) is 4.39. The summed E-state index contributed by atoms with van der Waals surface area (Å²) in [5.74, 6) is -0.120. The third-order valence-corrected chi connectivity index (χ3v) is 4.57. The first-order chi connectivity index (χ1) is 9.88. The predicted octanol–water partition coefficient (Wildman–Crippen LogP) is 3.53. The van der Waals surface area contributed by atoms with Crippen molar-refractivity contribution in [3.63, 3.8) is 0 Å². The Morgan fingerprint density at radius 3 is 2.76 bits per heavy atom. The molecular formula is C14H16BrClN4O. The topological polar surface area (TPSA) is 72.9 Å². The van der Waals surface area contributed by atoms with Gasteiger partial charge in [0.1, 0.15) is 0 Å². The minimum Gasteiger partial charge on any atom is -0.399 e. The molecule has 1 heterocycles. The zero-order valence-corrected chi connectivity index (χ0v) is 14.1. The zero-order valence-electron chi connectivity index (χ0n) is 11.8. The second-order valence-electron chi connectivity index (χ2n) is 4.75. The minimum atomic E-state index is -0.120. The van der Waals surface area contributed by atoms with Crippen molar-refractivity contribution in [1.82, 2.24) is 9.78 Å². The molecule has 0 spiro atoms. The van der Waals surface area contributed by atoms with Crippen molar-refractivity contribution in [1.29, 1.82) is 0 Å². The number of halogens is 2. The first kappa shape index (κ1) is 15.9. The van der Waals surface area contributed by atoms with Crippen molar-refractivity contribution in [2.75, 3.05) is 11.1 Å². The van der Waals surface area contributed by atoms with E-state index in [1.54, 1.807) is 18.2 Å². The molecular weight excluding hydrogens is 356 g/mol. The maximum absolute atomic E-state index is 12.0. The van der Waals surface area contributed by atoms with Gasteiger partial charge >= 0.3 is 0 Å². The molecule has 0 aliphatic heterocycles. The van der Waals surface area contributed by atoms with Crippen molar-refractivity contribution in [2.45, 2.75) is 26.8 Å². The van der Waals surface area contributed by atoms with Crippen LogP contribution in [0.15, 0.2) is 22.7 Å². The molecule has 21 heavy (non-hydrogen) atoms. The number of nitrogens with zero attached hydrogens (tertiary/aromatic N) is 2. The molecule has 0 atom stereocenters. The number of aromatic nitrogens is 2. The molecule has 2 rings (SSSR count). The molecule has 0 aliphatic rings. The standard InChI is InChI=1S/C14H16BrClN4O/c1-8-14(15)9(2)20(19-8)6-5-13(21)18-12-4-3-10(17)7-11(12)16/h3-4,7H,5-6,17H2,1-2H3,(H,18,21). The average Bonchev–Trinajstić information content (AvgIpc) is 2.67. The number of rotatable bonds is 4. The summed E-state index contributed by atoms with van der Waals surface area (Å²) in [5, 5.41) is 7.56. The summed E-state index contributed by atoms with van der Waals surface area (Å²) >= 11 is 9.49. The van der Waals surface area contributed by atoms with Crippen molar-refractivity contribution in [2.24, 2.45) is 0 Å². The largest absolute Gasteiger partial charge is 0.399 e. The monoisotopic (exact) mass is 370 g/mol. The number of aryl methyl sites for hydroxylation is 2. The molecule has 1 aromatic carbocycles. The van der Waals surface area contributed by atoms with Crippen LogP contribution in [0.4, 0.5) is 11.4 Å². The van der Waals surface area contributed by atoms with Crippen LogP contribution < -0.4 is 11.1 Å². The van der Waals surface area contributed by atoms with E-state index in [1.807, 2.05) is 18.5 Å². The lowest BCUT2D eigenvalue weighted by atomic mass is 10.2. The highest BCUT2D eigenvalue weighted by molar-refractivity contribution is 9.10. The SMILES string of the molecule is Cc1nn(CCC(=O)Nc2ccc(N)cc2Cl)c(C)c1Br. The fraction of sp³-hybridized carbons (Fsp3) is 0.286. The fourth-order valence-corrected chi connectivity index (χ4v) is 2.47. The Morgan fingerprint density at radius 1 is 1.48 bits per heavy atom. The molecule has 0 saturated carbocycles. The maximum atomic E-state index is 12.0. The lowest BCUT2D eigenvalue weighted by Gasteiger charge is -2.08. The summed E-state index contributed by atoms with van der Waals surface area (Å²) in [4.78, 5) is 12.0. The van der Waals surface area contributed by atoms with Crippen LogP contribution in [-0.2, 0) is 11.3 Å². The van der Waals surface area contributed by atoms with Gasteiger partial charge in [0.15, 0.2) is 0 Å². The van der Waals surface area contributed by atoms with Crippen LogP contribution in [0.1, 0.15) is 17.8 Å². The molecule has 0 radical (unpaired) electrons. The third kappa shape index (κ3) is 3.77. The smallest absolute Gasteiger partial charge is 0.226 e. The Hall–Kier alpha value is -1.53. The second-order valence-corrected chi connectivity index (χ2v) is 5.95. The quantitative estimate of drug-likeness (QED) is 0.808. The number of nitrogens with two attached hydrogens (primary N) is 1. The number of amides is 1. The molecule has 3 N–H and O–H groups in total. The van der Waals surface area contributed by atoms with E-state index in [1.165, 1.54) is 0 Å². The van der Waals surface area contributed by atoms with Crippen LogP contribution in [0.2, 0.25) is 5.02 Å². The zero-order chi connectivity index (χ0) is 15.6. The van der Waals surface area contributed by atoms with Gasteiger partial charge in [0, 0.05) is 17.8 Å². The summed E-state index contributed by atoms with van der Waals surface area (Å²) in [6, 6.07) is 4.99. The van der Waals surface area contributed by atoms with Crippen molar-refractivity contribution >= 4 is 44.8 Å². The molecule has 0 saturated heterocycles. The van der Waals surface area contributed by atoms with Crippen LogP contribution in [0.5, 0.6) is 0 Å². The van der Waals surface area contributed by atoms with Crippen molar-refractivity contribution in [3.8, 4) is 0 Å². The third-order valence-electron chi connectivity index (χ3n) is 3.11. The van der Waals surface area contributed by atoms with Crippen LogP contribution in [0.25, 0.3) is 0 Å². The Labute approximate surface area is 136 Å². The van der Waals surface area contributed by atoms with E-state index in [9.17, 15) is 4.79 Å². The van der Waals surface area contributed by atoms with Crippen molar-refractivity contribution in [3.05, 3.63) is 39.1 Å². The predicted molar refractivity (Wildman–Crippen MR) is 88.5 cm³/mol. The molecule has 0 bridgehead atoms. The molecule has 7 heteroatoms. The highest BCUT2D eigenvalue weighted by Gasteiger charge is 2.11. The molecule has 1 aromatic heterocycles. The number of carbonyl (C=O) groups excluding carboxylic acids is 1. The van der Waals surface area contributed by atoms with E-state index in [-0.39, 0.29) is 5.91 Å². The molecule has 1 amide bonds. The average molecular weight is 372 g/mol. The number of nitrogen functional groups attached to an aromatic ring is 1. The van der Waals surface area contributed by atoms with Crippen LogP contribution in [0.3, 0.4) is 0 Å². The Kier molecular flexibility index (Phi) is 4.90. The van der Waals surface area contributed by atoms with Crippen LogP contribution >= 0.6 is 27.5 Å². The van der Waals surface area contributed by atoms with Gasteiger partial charge in [0.2, 0.25) is 5.91 Å². The first-order valence-electron chi connectivity index (χ1n) is 6.43. The van der Waals surface area contributed by atoms with Gasteiger partial charge in [-0.15, -0.1) is 0 Å². The highest BCUT2D eigenvalue weighted by Crippen LogP contribution is 2.24. The normalized spacial score (nSPS) is 10.7. The maximum Gasteiger partial charge on any atom is 0.226 e. The van der Waals surface area contributed by atoms with Crippen molar-refractivity contribution < 1.29 is 4.79 Å². The van der Waals surface area contributed by atoms with E-state index < -0.39 is 0 Å². The fourth-order valence-electron chi connectivity index (χ4n) is 1.95. The second kappa shape index (κ2) is 6.49. The molecule has 0 unspecified atom stereocenters. The van der Waals surface area contributed by atoms with E-state index in [2.05, 4.69) is 26.3 Å². The van der Waals surface area contributed by atoms with E-state index in [4.69, 9.17) is 17.3 Å². The van der Waals surface area contributed by atoms with Gasteiger partial charge in [-0.3, -0.25) is 9.48 Å². The first-order valence-corrected chi connectivity index (χ1v) is 7.60. The van der Waals surface area contributed by atoms with Crippen LogP contribution in [-0.4, -0.2) is 15.7 Å². The summed E-state index contributed by atoms with van der Waals surface area (Å²) in [5.41, 5.74) is 8.65. The molecule has 0 fully saturated rings. The van der Waals surface area contributed by atoms with E-state index in [0.717, 1.165) is 15.9 Å². The highest BCUT2D eigenvalue weighted by atomic mass is 79.9. The van der Waals surface area contributed by atoms with Gasteiger partial charge in [-0.2, -0.15) is 5.10 Å². The number of anilines is 2. The lowest BCUT2D eigenvalue weighted by molar-refractivity contribution is -0.116. The van der Waals surface area contributed by atoms with Gasteiger partial charge in [-0.05, 0) is 48.0 Å². The summed E-state index contributed by atoms with van der Waals surface area (Å²) in [6.07, 6.45) is 0.315. The molecule has 5 nitrogen and oxygen atoms in total. The van der Waals surface area contributed by atoms with Gasteiger partial charge in [0.05, 0.1) is 27.4 Å². The molecule has 2 aromatic rings. The summed E-state index contributed by atoms with van der Waals surface area (Å²) in [7, 11) is 0. The number of benzene rings is 1. The van der Waals surface area contributed by atoms with Gasteiger partial charge in [-0.25, -0.2) is 0 Å². The van der Waals surface area contributed by atoms with E-state index >= 15 is 0 Å². The number of nitrogens with one attached hydrogen (secondary N) is 1. The molecule has 0 aliphatic carbocycles. The number of hydrogen-bond donors (Lipinski definition) is 2. The minimum absolute atomic E-state index is 0.120. The van der Waals surface area contributed by atoms with Crippen LogP contribution in [0, 0.1) is 13.8 Å². The van der Waals surface area contributed by atoms with E-state index in [0.29, 0.717) is 29.4 Å². The molecule has 112 valence electrons. The Bertz CT molecular complexity index is 684. The number of hydrogen-bond acceptors (Lipinski definition) is 3. The van der Waals surface area contributed by atoms with Gasteiger partial charge in [-0.1, -0.05) is 11.6 Å². The Morgan fingerprint density at radius 2 is 2.19 bits per heavy atom. The van der Waals surface area contributed by atoms with Gasteiger partial charge < -0.3 is 11.1 Å². The summed E-state index contributed by atoms with van der Waals surface area (Å²) < 4.78 is 2.79. The number of carbonyl (C=O) groups is 1.